The molecule has 1 amide bonds. The van der Waals surface area contributed by atoms with E-state index in [1.54, 1.807) is 18.3 Å². The van der Waals surface area contributed by atoms with Crippen LogP contribution >= 0.6 is 0 Å². The van der Waals surface area contributed by atoms with E-state index >= 15 is 0 Å². The van der Waals surface area contributed by atoms with Gasteiger partial charge < -0.3 is 14.3 Å². The molecular weight excluding hydrogens is 385 g/mol. The van der Waals surface area contributed by atoms with Crippen molar-refractivity contribution in [2.24, 2.45) is 0 Å². The first-order valence-corrected chi connectivity index (χ1v) is 10.1. The Kier molecular flexibility index (Phi) is 6.02. The summed E-state index contributed by atoms with van der Waals surface area (Å²) in [5.41, 5.74) is 1.66. The van der Waals surface area contributed by atoms with Crippen LogP contribution in [0.15, 0.2) is 53.2 Å². The van der Waals surface area contributed by atoms with Gasteiger partial charge in [0, 0.05) is 50.9 Å². The topological polar surface area (TPSA) is 75.4 Å². The number of carbonyl (C=O) groups excluding carboxylic acids is 1. The zero-order valence-corrected chi connectivity index (χ0v) is 16.9. The number of anilines is 1. The van der Waals surface area contributed by atoms with Gasteiger partial charge in [-0.05, 0) is 49.2 Å². The number of benzene rings is 1. The predicted octanol–water partition coefficient (Wildman–Crippen LogP) is 3.33. The number of amides is 1. The van der Waals surface area contributed by atoms with Crippen LogP contribution in [0.3, 0.4) is 0 Å². The van der Waals surface area contributed by atoms with E-state index in [0.717, 1.165) is 31.6 Å². The van der Waals surface area contributed by atoms with Crippen molar-refractivity contribution < 1.29 is 13.7 Å². The van der Waals surface area contributed by atoms with Crippen LogP contribution < -0.4 is 4.90 Å². The molecule has 3 aromatic rings. The van der Waals surface area contributed by atoms with Crippen LogP contribution in [0.25, 0.3) is 11.5 Å². The molecule has 0 aliphatic carbocycles. The van der Waals surface area contributed by atoms with E-state index in [4.69, 9.17) is 4.52 Å². The maximum absolute atomic E-state index is 13.1. The summed E-state index contributed by atoms with van der Waals surface area (Å²) in [6.45, 7) is 1.68. The number of nitrogens with zero attached hydrogens (tertiary/aromatic N) is 5. The number of aryl methyl sites for hydroxylation is 1. The average molecular weight is 409 g/mol. The molecule has 1 aromatic carbocycles. The monoisotopic (exact) mass is 409 g/mol. The fourth-order valence-corrected chi connectivity index (χ4v) is 3.71. The van der Waals surface area contributed by atoms with E-state index in [1.165, 1.54) is 12.1 Å². The lowest BCUT2D eigenvalue weighted by molar-refractivity contribution is -0.132. The van der Waals surface area contributed by atoms with Gasteiger partial charge >= 0.3 is 0 Å². The van der Waals surface area contributed by atoms with Gasteiger partial charge in [-0.25, -0.2) is 4.39 Å². The lowest BCUT2D eigenvalue weighted by atomic mass is 10.0. The van der Waals surface area contributed by atoms with Gasteiger partial charge in [0.15, 0.2) is 0 Å². The van der Waals surface area contributed by atoms with Crippen molar-refractivity contribution in [2.75, 3.05) is 25.0 Å². The molecule has 2 aromatic heterocycles. The zero-order chi connectivity index (χ0) is 20.9. The highest BCUT2D eigenvalue weighted by Gasteiger charge is 2.25. The Morgan fingerprint density at radius 3 is 2.67 bits per heavy atom. The van der Waals surface area contributed by atoms with Crippen LogP contribution in [0.5, 0.6) is 0 Å². The maximum atomic E-state index is 13.1. The van der Waals surface area contributed by atoms with Crippen molar-refractivity contribution in [3.8, 4) is 11.5 Å². The minimum absolute atomic E-state index is 0.0628. The molecule has 0 radical (unpaired) electrons. The molecule has 0 spiro atoms. The number of hydrogen-bond donors (Lipinski definition) is 0. The fourth-order valence-electron chi connectivity index (χ4n) is 3.71. The van der Waals surface area contributed by atoms with Gasteiger partial charge in [0.1, 0.15) is 11.5 Å². The smallest absolute Gasteiger partial charge is 0.227 e. The summed E-state index contributed by atoms with van der Waals surface area (Å²) in [5, 5.41) is 3.94. The van der Waals surface area contributed by atoms with Gasteiger partial charge in [0.25, 0.3) is 0 Å². The number of aromatic nitrogens is 3. The van der Waals surface area contributed by atoms with Crippen LogP contribution in [0.2, 0.25) is 0 Å². The van der Waals surface area contributed by atoms with Crippen LogP contribution in [0.1, 0.15) is 25.2 Å². The summed E-state index contributed by atoms with van der Waals surface area (Å²) in [5.74, 6) is 0.697. The van der Waals surface area contributed by atoms with Crippen LogP contribution in [-0.2, 0) is 11.2 Å². The van der Waals surface area contributed by atoms with Gasteiger partial charge in [-0.15, -0.1) is 0 Å². The van der Waals surface area contributed by atoms with Crippen LogP contribution in [0, 0.1) is 5.82 Å². The Morgan fingerprint density at radius 1 is 1.20 bits per heavy atom. The maximum Gasteiger partial charge on any atom is 0.227 e. The summed E-state index contributed by atoms with van der Waals surface area (Å²) in [4.78, 5) is 25.2. The molecule has 8 heteroatoms. The van der Waals surface area contributed by atoms with E-state index < -0.39 is 0 Å². The second-order valence-electron chi connectivity index (χ2n) is 7.43. The van der Waals surface area contributed by atoms with Crippen molar-refractivity contribution in [3.63, 3.8) is 0 Å². The lowest BCUT2D eigenvalue weighted by Crippen LogP contribution is -2.45. The van der Waals surface area contributed by atoms with Gasteiger partial charge in [-0.1, -0.05) is 11.2 Å². The number of piperidine rings is 1. The Balaban J connectivity index is 1.26. The van der Waals surface area contributed by atoms with Crippen molar-refractivity contribution in [1.82, 2.24) is 20.0 Å². The second-order valence-corrected chi connectivity index (χ2v) is 7.43. The molecule has 0 N–H and O–H groups in total. The number of rotatable bonds is 6. The number of pyridine rings is 1. The van der Waals surface area contributed by atoms with Crippen LogP contribution in [0.4, 0.5) is 10.1 Å². The highest BCUT2D eigenvalue weighted by molar-refractivity contribution is 5.76. The predicted molar refractivity (Wildman–Crippen MR) is 110 cm³/mol. The first-order valence-electron chi connectivity index (χ1n) is 10.1. The van der Waals surface area contributed by atoms with Gasteiger partial charge in [-0.3, -0.25) is 9.78 Å². The van der Waals surface area contributed by atoms with Crippen molar-refractivity contribution in [3.05, 3.63) is 60.4 Å². The molecule has 30 heavy (non-hydrogen) atoms. The first kappa shape index (κ1) is 20.0. The molecule has 0 atom stereocenters. The molecule has 1 aliphatic rings. The standard InChI is InChI=1S/C22H24FN5O2/c1-27(17-11-14-28(15-12-17)18-7-5-16(23)6-8-18)21(29)10-9-20-25-22(26-30-20)19-4-2-3-13-24-19/h2-8,13,17H,9-12,14-15H2,1H3. The molecule has 156 valence electrons. The third-order valence-electron chi connectivity index (χ3n) is 5.51. The minimum atomic E-state index is -0.229. The molecule has 7 nitrogen and oxygen atoms in total. The largest absolute Gasteiger partial charge is 0.371 e. The molecule has 1 saturated heterocycles. The third-order valence-corrected chi connectivity index (χ3v) is 5.51. The molecule has 3 heterocycles. The molecule has 1 aliphatic heterocycles. The molecule has 0 bridgehead atoms. The lowest BCUT2D eigenvalue weighted by Gasteiger charge is -2.38. The van der Waals surface area contributed by atoms with Crippen molar-refractivity contribution >= 4 is 11.6 Å². The molecule has 4 rings (SSSR count). The number of hydrogen-bond acceptors (Lipinski definition) is 6. The highest BCUT2D eigenvalue weighted by Crippen LogP contribution is 2.23. The van der Waals surface area contributed by atoms with E-state index in [0.29, 0.717) is 30.3 Å². The fraction of sp³-hybridized carbons (Fsp3) is 0.364. The summed E-state index contributed by atoms with van der Waals surface area (Å²) < 4.78 is 18.4. The SMILES string of the molecule is CN(C(=O)CCc1nc(-c2ccccn2)no1)C1CCN(c2ccc(F)cc2)CC1. The Bertz CT molecular complexity index is 969. The summed E-state index contributed by atoms with van der Waals surface area (Å²) in [6, 6.07) is 12.2. The van der Waals surface area contributed by atoms with Gasteiger partial charge in [0.05, 0.1) is 0 Å². The van der Waals surface area contributed by atoms with Gasteiger partial charge in [-0.2, -0.15) is 4.98 Å². The average Bonchev–Trinajstić information content (AvgIpc) is 3.27. The molecule has 1 fully saturated rings. The van der Waals surface area contributed by atoms with E-state index in [-0.39, 0.29) is 17.8 Å². The first-order chi connectivity index (χ1) is 14.6. The second kappa shape index (κ2) is 9.02. The summed E-state index contributed by atoms with van der Waals surface area (Å²) >= 11 is 0. The Labute approximate surface area is 174 Å². The van der Waals surface area contributed by atoms with Crippen LogP contribution in [-0.4, -0.2) is 52.1 Å². The van der Waals surface area contributed by atoms with Crippen molar-refractivity contribution in [1.29, 1.82) is 0 Å². The Morgan fingerprint density at radius 2 is 1.97 bits per heavy atom. The van der Waals surface area contributed by atoms with Crippen molar-refractivity contribution in [2.45, 2.75) is 31.7 Å². The van der Waals surface area contributed by atoms with E-state index in [9.17, 15) is 9.18 Å². The minimum Gasteiger partial charge on any atom is -0.371 e. The van der Waals surface area contributed by atoms with Gasteiger partial charge in [0.2, 0.25) is 17.6 Å². The summed E-state index contributed by atoms with van der Waals surface area (Å²) in [7, 11) is 1.85. The molecule has 0 saturated carbocycles. The number of halogens is 1. The highest BCUT2D eigenvalue weighted by atomic mass is 19.1. The number of carbonyl (C=O) groups is 1. The zero-order valence-electron chi connectivity index (χ0n) is 16.9. The molecule has 0 unspecified atom stereocenters. The van der Waals surface area contributed by atoms with E-state index in [2.05, 4.69) is 20.0 Å². The quantitative estimate of drug-likeness (QED) is 0.622. The normalized spacial score (nSPS) is 14.7. The van der Waals surface area contributed by atoms with E-state index in [1.807, 2.05) is 30.1 Å². The summed E-state index contributed by atoms with van der Waals surface area (Å²) in [6.07, 6.45) is 4.15. The Hall–Kier alpha value is -3.29. The molecular formula is C22H24FN5O2. The third kappa shape index (κ3) is 4.64.